The molecule has 0 unspecified atom stereocenters. The second-order valence-electron chi connectivity index (χ2n) is 12.8. The van der Waals surface area contributed by atoms with E-state index in [4.69, 9.17) is 11.5 Å². The first-order valence-electron chi connectivity index (χ1n) is 14.2. The van der Waals surface area contributed by atoms with Gasteiger partial charge in [-0.3, -0.25) is 14.7 Å². The van der Waals surface area contributed by atoms with Crippen LogP contribution in [0.15, 0.2) is 17.1 Å². The van der Waals surface area contributed by atoms with Crippen LogP contribution in [0.5, 0.6) is 0 Å². The van der Waals surface area contributed by atoms with Crippen LogP contribution in [0, 0.1) is 11.3 Å². The van der Waals surface area contributed by atoms with Gasteiger partial charge in [0.2, 0.25) is 5.91 Å². The molecular weight excluding hydrogens is 484 g/mol. The molecule has 1 spiro atoms. The summed E-state index contributed by atoms with van der Waals surface area (Å²) in [7, 11) is 0. The Labute approximate surface area is 224 Å². The van der Waals surface area contributed by atoms with Crippen molar-refractivity contribution in [3.8, 4) is 0 Å². The predicted molar refractivity (Wildman–Crippen MR) is 146 cm³/mol. The first-order valence-corrected chi connectivity index (χ1v) is 14.2. The first-order chi connectivity index (χ1) is 18.0. The minimum atomic E-state index is -0.932. The van der Waals surface area contributed by atoms with Gasteiger partial charge in [-0.05, 0) is 89.2 Å². The predicted octanol–water partition coefficient (Wildman–Crippen LogP) is 1.25. The van der Waals surface area contributed by atoms with E-state index in [1.807, 2.05) is 0 Å². The molecule has 3 saturated carbocycles. The molecule has 0 atom stereocenters. The summed E-state index contributed by atoms with van der Waals surface area (Å²) < 4.78 is 1.72. The van der Waals surface area contributed by atoms with Crippen LogP contribution in [0.2, 0.25) is 0 Å². The largest absolute Gasteiger partial charge is 0.349 e. The van der Waals surface area contributed by atoms with Gasteiger partial charge in [0.15, 0.2) is 0 Å². The number of nitrogens with two attached hydrogens (primary N) is 2. The lowest BCUT2D eigenvalue weighted by molar-refractivity contribution is -0.137. The Balaban J connectivity index is 1.04. The smallest absolute Gasteiger partial charge is 0.338 e. The van der Waals surface area contributed by atoms with Crippen molar-refractivity contribution in [3.63, 3.8) is 0 Å². The van der Waals surface area contributed by atoms with Gasteiger partial charge in [0.1, 0.15) is 5.82 Å². The Hall–Kier alpha value is -2.50. The zero-order valence-corrected chi connectivity index (χ0v) is 22.8. The summed E-state index contributed by atoms with van der Waals surface area (Å²) in [6, 6.07) is 2.61. The van der Waals surface area contributed by atoms with Crippen LogP contribution >= 0.6 is 0 Å². The standard InChI is InChI=1S/C27H44N8O3/c1-26(2,29)23(36)33-9-11-34(12-10-33)24(37)31-22-7-8-35(25(38)32-22)21-5-3-18(4-6-21)17-30-20-15-27(16-20)13-19(28)14-27/h7-8,18-21,30H,3-6,9-17,28-29H2,1-2H3,(H,31,32,37,38). The van der Waals surface area contributed by atoms with Crippen molar-refractivity contribution in [2.24, 2.45) is 22.8 Å². The maximum Gasteiger partial charge on any atom is 0.349 e. The zero-order chi connectivity index (χ0) is 27.1. The number of amides is 3. The van der Waals surface area contributed by atoms with E-state index in [0.29, 0.717) is 49.6 Å². The number of anilines is 1. The summed E-state index contributed by atoms with van der Waals surface area (Å²) in [6.07, 6.45) is 10.8. The molecule has 38 heavy (non-hydrogen) atoms. The fourth-order valence-corrected chi connectivity index (χ4v) is 6.95. The van der Waals surface area contributed by atoms with Gasteiger partial charge in [-0.1, -0.05) is 0 Å². The van der Waals surface area contributed by atoms with E-state index >= 15 is 0 Å². The van der Waals surface area contributed by atoms with Crippen molar-refractivity contribution in [2.75, 3.05) is 38.0 Å². The number of aromatic nitrogens is 2. The molecule has 2 heterocycles. The molecule has 1 aromatic heterocycles. The summed E-state index contributed by atoms with van der Waals surface area (Å²) in [5, 5.41) is 6.51. The van der Waals surface area contributed by atoms with Crippen molar-refractivity contribution in [3.05, 3.63) is 22.7 Å². The zero-order valence-electron chi connectivity index (χ0n) is 22.8. The van der Waals surface area contributed by atoms with Crippen molar-refractivity contribution < 1.29 is 9.59 Å². The first kappa shape index (κ1) is 27.1. The highest BCUT2D eigenvalue weighted by Gasteiger charge is 2.51. The molecule has 0 aromatic carbocycles. The van der Waals surface area contributed by atoms with E-state index in [2.05, 4.69) is 15.6 Å². The van der Waals surface area contributed by atoms with Gasteiger partial charge in [-0.2, -0.15) is 4.98 Å². The van der Waals surface area contributed by atoms with E-state index in [1.54, 1.807) is 40.5 Å². The Kier molecular flexibility index (Phi) is 7.54. The molecule has 3 aliphatic carbocycles. The SMILES string of the molecule is CC(C)(N)C(=O)N1CCN(C(=O)Nc2ccn(C3CCC(CNC4CC5(CC(N)C5)C4)CC3)c(=O)n2)CC1. The van der Waals surface area contributed by atoms with Gasteiger partial charge in [-0.25, -0.2) is 9.59 Å². The fraction of sp³-hybridized carbons (Fsp3) is 0.778. The minimum absolute atomic E-state index is 0.126. The van der Waals surface area contributed by atoms with Crippen LogP contribution in [0.25, 0.3) is 0 Å². The number of carbonyl (C=O) groups excluding carboxylic acids is 2. The highest BCUT2D eigenvalue weighted by atomic mass is 16.2. The van der Waals surface area contributed by atoms with Crippen LogP contribution < -0.4 is 27.8 Å². The quantitative estimate of drug-likeness (QED) is 0.434. The maximum absolute atomic E-state index is 12.8. The summed E-state index contributed by atoms with van der Waals surface area (Å²) in [5.74, 6) is 0.778. The van der Waals surface area contributed by atoms with Gasteiger partial charge in [0.25, 0.3) is 0 Å². The Morgan fingerprint density at radius 2 is 1.68 bits per heavy atom. The highest BCUT2D eigenvalue weighted by molar-refractivity contribution is 5.89. The number of hydrogen-bond donors (Lipinski definition) is 4. The number of urea groups is 1. The van der Waals surface area contributed by atoms with Crippen molar-refractivity contribution in [2.45, 2.75) is 88.9 Å². The number of nitrogens with one attached hydrogen (secondary N) is 2. The topological polar surface area (TPSA) is 152 Å². The minimum Gasteiger partial charge on any atom is -0.338 e. The molecule has 1 aromatic rings. The fourth-order valence-electron chi connectivity index (χ4n) is 6.95. The third-order valence-electron chi connectivity index (χ3n) is 9.12. The molecule has 3 amide bonds. The van der Waals surface area contributed by atoms with E-state index < -0.39 is 5.54 Å². The van der Waals surface area contributed by atoms with Gasteiger partial charge in [0, 0.05) is 50.5 Å². The second-order valence-corrected chi connectivity index (χ2v) is 12.8. The molecule has 11 nitrogen and oxygen atoms in total. The number of piperazine rings is 1. The van der Waals surface area contributed by atoms with E-state index in [9.17, 15) is 14.4 Å². The van der Waals surface area contributed by atoms with Crippen LogP contribution in [0.3, 0.4) is 0 Å². The Bertz CT molecular complexity index is 1070. The molecule has 6 N–H and O–H groups in total. The normalized spacial score (nSPS) is 31.5. The van der Waals surface area contributed by atoms with E-state index in [1.165, 1.54) is 25.7 Å². The lowest BCUT2D eigenvalue weighted by Gasteiger charge is -2.57. The third-order valence-corrected chi connectivity index (χ3v) is 9.12. The Morgan fingerprint density at radius 3 is 2.26 bits per heavy atom. The van der Waals surface area contributed by atoms with Crippen molar-refractivity contribution in [1.82, 2.24) is 24.7 Å². The third kappa shape index (κ3) is 5.89. The van der Waals surface area contributed by atoms with Crippen LogP contribution in [-0.4, -0.2) is 81.6 Å². The maximum atomic E-state index is 12.8. The molecular formula is C27H44N8O3. The number of nitrogens with zero attached hydrogens (tertiary/aromatic N) is 4. The molecule has 11 heteroatoms. The van der Waals surface area contributed by atoms with E-state index in [0.717, 1.165) is 32.2 Å². The van der Waals surface area contributed by atoms with Gasteiger partial charge < -0.3 is 26.6 Å². The van der Waals surface area contributed by atoms with Crippen molar-refractivity contribution >= 4 is 17.8 Å². The van der Waals surface area contributed by atoms with Crippen molar-refractivity contribution in [1.29, 1.82) is 0 Å². The van der Waals surface area contributed by atoms with Crippen LogP contribution in [0.4, 0.5) is 10.6 Å². The van der Waals surface area contributed by atoms with Crippen LogP contribution in [-0.2, 0) is 4.79 Å². The number of rotatable bonds is 6. The molecule has 1 aliphatic heterocycles. The molecule has 0 radical (unpaired) electrons. The molecule has 1 saturated heterocycles. The molecule has 4 fully saturated rings. The average molecular weight is 529 g/mol. The summed E-state index contributed by atoms with van der Waals surface area (Å²) in [4.78, 5) is 45.3. The second kappa shape index (κ2) is 10.6. The lowest BCUT2D eigenvalue weighted by atomic mass is 9.52. The summed E-state index contributed by atoms with van der Waals surface area (Å²) in [5.41, 5.74) is 11.2. The van der Waals surface area contributed by atoms with Crippen LogP contribution in [0.1, 0.15) is 71.3 Å². The Morgan fingerprint density at radius 1 is 1.05 bits per heavy atom. The molecule has 4 aliphatic rings. The number of carbonyl (C=O) groups is 2. The lowest BCUT2D eigenvalue weighted by Crippen LogP contribution is -2.59. The van der Waals surface area contributed by atoms with Gasteiger partial charge in [0.05, 0.1) is 5.54 Å². The van der Waals surface area contributed by atoms with Gasteiger partial charge >= 0.3 is 11.7 Å². The number of hydrogen-bond acceptors (Lipinski definition) is 7. The molecule has 210 valence electrons. The average Bonchev–Trinajstić information content (AvgIpc) is 2.84. The highest BCUT2D eigenvalue weighted by Crippen LogP contribution is 2.55. The monoisotopic (exact) mass is 528 g/mol. The summed E-state index contributed by atoms with van der Waals surface area (Å²) >= 11 is 0. The van der Waals surface area contributed by atoms with Gasteiger partial charge in [-0.15, -0.1) is 0 Å². The summed E-state index contributed by atoms with van der Waals surface area (Å²) in [6.45, 7) is 6.08. The molecule has 0 bridgehead atoms. The van der Waals surface area contributed by atoms with E-state index in [-0.39, 0.29) is 29.5 Å². The molecule has 5 rings (SSSR count).